The highest BCUT2D eigenvalue weighted by Crippen LogP contribution is 2.35. The molecule has 0 saturated carbocycles. The maximum absolute atomic E-state index is 12.5. The van der Waals surface area contributed by atoms with Crippen LogP contribution in [0, 0.1) is 0 Å². The Morgan fingerprint density at radius 2 is 1.94 bits per heavy atom. The summed E-state index contributed by atoms with van der Waals surface area (Å²) in [4.78, 5) is 0. The van der Waals surface area contributed by atoms with E-state index in [2.05, 4.69) is 37.0 Å². The Hall–Kier alpha value is -0.820. The molecule has 0 bridgehead atoms. The molecule has 96 valence electrons. The first-order valence-electron chi connectivity index (χ1n) is 4.80. The molecule has 2 nitrogen and oxygen atoms in total. The van der Waals surface area contributed by atoms with Gasteiger partial charge in [0, 0.05) is 16.1 Å². The smallest absolute Gasteiger partial charge is 0.360 e. The molecular formula is C11H6Br2F3NO. The summed E-state index contributed by atoms with van der Waals surface area (Å²) in [7, 11) is 0. The van der Waals surface area contributed by atoms with E-state index < -0.39 is 11.7 Å². The third kappa shape index (κ3) is 2.77. The van der Waals surface area contributed by atoms with Crippen LogP contribution in [0.4, 0.5) is 13.2 Å². The molecule has 0 aliphatic heterocycles. The molecule has 0 saturated heterocycles. The second kappa shape index (κ2) is 5.05. The van der Waals surface area contributed by atoms with Crippen molar-refractivity contribution in [2.24, 2.45) is 0 Å². The van der Waals surface area contributed by atoms with E-state index >= 15 is 0 Å². The summed E-state index contributed by atoms with van der Waals surface area (Å²) in [6.45, 7) is 0. The third-order valence-electron chi connectivity index (χ3n) is 2.26. The number of halogens is 5. The van der Waals surface area contributed by atoms with Crippen molar-refractivity contribution in [2.45, 2.75) is 11.5 Å². The van der Waals surface area contributed by atoms with Crippen molar-refractivity contribution >= 4 is 31.9 Å². The van der Waals surface area contributed by atoms with Crippen molar-refractivity contribution in [2.75, 3.05) is 0 Å². The van der Waals surface area contributed by atoms with Crippen LogP contribution < -0.4 is 0 Å². The fraction of sp³-hybridized carbons (Fsp3) is 0.182. The van der Waals surface area contributed by atoms with Gasteiger partial charge in [-0.05, 0) is 12.1 Å². The SMILES string of the molecule is FC(F)(F)c1ccc(-c2cc(CBr)on2)c(Br)c1. The number of hydrogen-bond acceptors (Lipinski definition) is 2. The monoisotopic (exact) mass is 383 g/mol. The van der Waals surface area contributed by atoms with E-state index in [0.717, 1.165) is 12.1 Å². The molecule has 0 radical (unpaired) electrons. The van der Waals surface area contributed by atoms with Gasteiger partial charge in [0.1, 0.15) is 11.5 Å². The summed E-state index contributed by atoms with van der Waals surface area (Å²) in [6.07, 6.45) is -4.36. The topological polar surface area (TPSA) is 26.0 Å². The second-order valence-electron chi connectivity index (χ2n) is 3.50. The van der Waals surface area contributed by atoms with E-state index in [1.54, 1.807) is 6.07 Å². The van der Waals surface area contributed by atoms with Gasteiger partial charge in [0.15, 0.2) is 0 Å². The van der Waals surface area contributed by atoms with Crippen LogP contribution in [0.3, 0.4) is 0 Å². The van der Waals surface area contributed by atoms with Gasteiger partial charge in [-0.15, -0.1) is 0 Å². The first-order valence-corrected chi connectivity index (χ1v) is 6.72. The highest BCUT2D eigenvalue weighted by atomic mass is 79.9. The number of hydrogen-bond donors (Lipinski definition) is 0. The van der Waals surface area contributed by atoms with Gasteiger partial charge < -0.3 is 4.52 Å². The third-order valence-corrected chi connectivity index (χ3v) is 3.47. The van der Waals surface area contributed by atoms with Gasteiger partial charge in [-0.2, -0.15) is 13.2 Å². The Kier molecular flexibility index (Phi) is 3.82. The summed E-state index contributed by atoms with van der Waals surface area (Å²) < 4.78 is 42.8. The maximum atomic E-state index is 12.5. The van der Waals surface area contributed by atoms with Crippen molar-refractivity contribution in [3.05, 3.63) is 40.1 Å². The lowest BCUT2D eigenvalue weighted by Crippen LogP contribution is -2.04. The molecule has 0 aliphatic rings. The molecule has 1 aromatic carbocycles. The first-order chi connectivity index (χ1) is 8.41. The molecule has 2 rings (SSSR count). The average Bonchev–Trinajstić information content (AvgIpc) is 2.76. The van der Waals surface area contributed by atoms with Gasteiger partial charge in [-0.25, -0.2) is 0 Å². The van der Waals surface area contributed by atoms with Crippen LogP contribution in [0.1, 0.15) is 11.3 Å². The fourth-order valence-electron chi connectivity index (χ4n) is 1.40. The predicted molar refractivity (Wildman–Crippen MR) is 67.3 cm³/mol. The summed E-state index contributed by atoms with van der Waals surface area (Å²) in [5.74, 6) is 0.608. The van der Waals surface area contributed by atoms with Gasteiger partial charge in [-0.3, -0.25) is 0 Å². The average molecular weight is 385 g/mol. The Labute approximate surface area is 117 Å². The minimum atomic E-state index is -4.36. The normalized spacial score (nSPS) is 11.8. The van der Waals surface area contributed by atoms with Crippen LogP contribution in [0.5, 0.6) is 0 Å². The van der Waals surface area contributed by atoms with E-state index in [0.29, 0.717) is 26.8 Å². The number of nitrogens with zero attached hydrogens (tertiary/aromatic N) is 1. The number of rotatable bonds is 2. The second-order valence-corrected chi connectivity index (χ2v) is 4.92. The van der Waals surface area contributed by atoms with E-state index in [4.69, 9.17) is 4.52 Å². The van der Waals surface area contributed by atoms with Crippen molar-refractivity contribution in [3.8, 4) is 11.3 Å². The lowest BCUT2D eigenvalue weighted by atomic mass is 10.1. The lowest BCUT2D eigenvalue weighted by Gasteiger charge is -2.08. The van der Waals surface area contributed by atoms with E-state index in [9.17, 15) is 13.2 Å². The van der Waals surface area contributed by atoms with E-state index in [-0.39, 0.29) is 0 Å². The molecule has 0 amide bonds. The summed E-state index contributed by atoms with van der Waals surface area (Å²) in [5, 5.41) is 4.29. The highest BCUT2D eigenvalue weighted by Gasteiger charge is 2.31. The molecule has 7 heteroatoms. The molecule has 0 fully saturated rings. The standard InChI is InChI=1S/C11H6Br2F3NO/c12-5-7-4-10(17-18-7)8-2-1-6(3-9(8)13)11(14,15)16/h1-4H,5H2. The predicted octanol–water partition coefficient (Wildman–Crippen LogP) is 5.02. The Balaban J connectivity index is 2.41. The largest absolute Gasteiger partial charge is 0.416 e. The van der Waals surface area contributed by atoms with E-state index in [1.165, 1.54) is 6.07 Å². The molecule has 0 unspecified atom stereocenters. The minimum Gasteiger partial charge on any atom is -0.360 e. The Morgan fingerprint density at radius 3 is 2.44 bits per heavy atom. The minimum absolute atomic E-state index is 0.326. The zero-order valence-corrected chi connectivity index (χ0v) is 11.9. The lowest BCUT2D eigenvalue weighted by molar-refractivity contribution is -0.137. The molecule has 18 heavy (non-hydrogen) atoms. The molecule has 0 spiro atoms. The molecular weight excluding hydrogens is 379 g/mol. The molecule has 2 aromatic rings. The van der Waals surface area contributed by atoms with Crippen LogP contribution >= 0.6 is 31.9 Å². The van der Waals surface area contributed by atoms with Crippen LogP contribution in [0.2, 0.25) is 0 Å². The van der Waals surface area contributed by atoms with Crippen LogP contribution in [0.15, 0.2) is 33.3 Å². The molecule has 1 aromatic heterocycles. The van der Waals surface area contributed by atoms with Crippen LogP contribution in [-0.2, 0) is 11.5 Å². The summed E-state index contributed by atoms with van der Waals surface area (Å²) >= 11 is 6.32. The van der Waals surface area contributed by atoms with Gasteiger partial charge >= 0.3 is 6.18 Å². The maximum Gasteiger partial charge on any atom is 0.416 e. The molecule has 1 heterocycles. The molecule has 0 N–H and O–H groups in total. The highest BCUT2D eigenvalue weighted by molar-refractivity contribution is 9.10. The van der Waals surface area contributed by atoms with Crippen LogP contribution in [0.25, 0.3) is 11.3 Å². The van der Waals surface area contributed by atoms with Gasteiger partial charge in [-0.1, -0.05) is 43.1 Å². The van der Waals surface area contributed by atoms with Crippen molar-refractivity contribution in [3.63, 3.8) is 0 Å². The number of alkyl halides is 4. The zero-order valence-electron chi connectivity index (χ0n) is 8.76. The van der Waals surface area contributed by atoms with Crippen LogP contribution in [-0.4, -0.2) is 5.16 Å². The molecule has 0 aliphatic carbocycles. The number of aromatic nitrogens is 1. The Bertz CT molecular complexity index is 566. The zero-order chi connectivity index (χ0) is 13.3. The number of benzene rings is 1. The summed E-state index contributed by atoms with van der Waals surface area (Å²) in [6, 6.07) is 5.07. The van der Waals surface area contributed by atoms with Gasteiger partial charge in [0.05, 0.1) is 10.9 Å². The fourth-order valence-corrected chi connectivity index (χ4v) is 2.25. The van der Waals surface area contributed by atoms with Crippen molar-refractivity contribution < 1.29 is 17.7 Å². The van der Waals surface area contributed by atoms with Gasteiger partial charge in [0.25, 0.3) is 0 Å². The first kappa shape index (κ1) is 13.6. The quantitative estimate of drug-likeness (QED) is 0.679. The van der Waals surface area contributed by atoms with E-state index in [1.807, 2.05) is 0 Å². The van der Waals surface area contributed by atoms with Crippen molar-refractivity contribution in [1.29, 1.82) is 0 Å². The van der Waals surface area contributed by atoms with Crippen molar-refractivity contribution in [1.82, 2.24) is 5.16 Å². The summed E-state index contributed by atoms with van der Waals surface area (Å²) in [5.41, 5.74) is 0.339. The molecule has 0 atom stereocenters. The van der Waals surface area contributed by atoms with Gasteiger partial charge in [0.2, 0.25) is 0 Å². The Morgan fingerprint density at radius 1 is 1.22 bits per heavy atom.